The molecular weight excluding hydrogens is 260 g/mol. The molecule has 0 saturated carbocycles. The summed E-state index contributed by atoms with van der Waals surface area (Å²) in [5.41, 5.74) is 1.56. The molecule has 1 aliphatic heterocycles. The molecule has 0 radical (unpaired) electrons. The summed E-state index contributed by atoms with van der Waals surface area (Å²) < 4.78 is 6.05. The highest BCUT2D eigenvalue weighted by Crippen LogP contribution is 2.40. The molecule has 1 aromatic carbocycles. The summed E-state index contributed by atoms with van der Waals surface area (Å²) >= 11 is 0. The highest BCUT2D eigenvalue weighted by molar-refractivity contribution is 5.36. The van der Waals surface area contributed by atoms with Crippen LogP contribution >= 0.6 is 0 Å². The highest BCUT2D eigenvalue weighted by atomic mass is 16.5. The molecule has 1 aliphatic rings. The predicted molar refractivity (Wildman–Crippen MR) is 88.9 cm³/mol. The maximum atomic E-state index is 6.05. The monoisotopic (exact) mass is 290 g/mol. The van der Waals surface area contributed by atoms with E-state index in [1.54, 1.807) is 0 Å². The van der Waals surface area contributed by atoms with Crippen LogP contribution in [0.2, 0.25) is 0 Å². The van der Waals surface area contributed by atoms with Crippen LogP contribution in [0.4, 0.5) is 0 Å². The van der Waals surface area contributed by atoms with E-state index in [9.17, 15) is 0 Å². The maximum absolute atomic E-state index is 6.05. The van der Waals surface area contributed by atoms with Crippen LogP contribution in [0.1, 0.15) is 45.2 Å². The maximum Gasteiger partial charge on any atom is 0.124 e. The third-order valence-electron chi connectivity index (χ3n) is 4.19. The summed E-state index contributed by atoms with van der Waals surface area (Å²) in [7, 11) is 4.15. The van der Waals surface area contributed by atoms with Gasteiger partial charge < -0.3 is 9.64 Å². The third kappa shape index (κ3) is 4.21. The van der Waals surface area contributed by atoms with Crippen molar-refractivity contribution in [1.29, 1.82) is 0 Å². The van der Waals surface area contributed by atoms with Crippen LogP contribution in [-0.4, -0.2) is 49.1 Å². The van der Waals surface area contributed by atoms with Gasteiger partial charge in [-0.1, -0.05) is 18.2 Å². The standard InChI is InChI=1S/C18H30N2O/c1-18(2,3)20-12-8-10-16(20)15-9-6-7-11-17(15)21-14-13-19(4)5/h6-7,9,11,16H,8,10,12-14H2,1-5H3. The van der Waals surface area contributed by atoms with E-state index < -0.39 is 0 Å². The van der Waals surface area contributed by atoms with E-state index >= 15 is 0 Å². The minimum Gasteiger partial charge on any atom is -0.492 e. The molecule has 21 heavy (non-hydrogen) atoms. The van der Waals surface area contributed by atoms with E-state index in [2.05, 4.69) is 68.9 Å². The molecule has 0 aliphatic carbocycles. The van der Waals surface area contributed by atoms with Crippen LogP contribution in [0.5, 0.6) is 5.75 Å². The molecule has 0 amide bonds. The molecule has 0 N–H and O–H groups in total. The van der Waals surface area contributed by atoms with Crippen LogP contribution in [0, 0.1) is 0 Å². The molecule has 1 aromatic rings. The van der Waals surface area contributed by atoms with E-state index in [1.807, 2.05) is 0 Å². The Kier molecular flexibility index (Phi) is 5.28. The van der Waals surface area contributed by atoms with Gasteiger partial charge in [-0.05, 0) is 60.3 Å². The largest absolute Gasteiger partial charge is 0.492 e. The smallest absolute Gasteiger partial charge is 0.124 e. The number of benzene rings is 1. The quantitative estimate of drug-likeness (QED) is 0.824. The summed E-state index contributed by atoms with van der Waals surface area (Å²) in [5.74, 6) is 1.06. The normalized spacial score (nSPS) is 20.2. The van der Waals surface area contributed by atoms with Gasteiger partial charge in [0.1, 0.15) is 12.4 Å². The summed E-state index contributed by atoms with van der Waals surface area (Å²) in [6.45, 7) is 9.79. The number of likely N-dealkylation sites (tertiary alicyclic amines) is 1. The Labute approximate surface area is 129 Å². The number of hydrogen-bond acceptors (Lipinski definition) is 3. The van der Waals surface area contributed by atoms with Crippen molar-refractivity contribution in [3.05, 3.63) is 29.8 Å². The molecule has 3 heteroatoms. The Morgan fingerprint density at radius 2 is 1.95 bits per heavy atom. The Hall–Kier alpha value is -1.06. The van der Waals surface area contributed by atoms with Gasteiger partial charge in [-0.15, -0.1) is 0 Å². The summed E-state index contributed by atoms with van der Waals surface area (Å²) in [6.07, 6.45) is 2.50. The molecular formula is C18H30N2O. The number of para-hydroxylation sites is 1. The lowest BCUT2D eigenvalue weighted by Gasteiger charge is -2.37. The third-order valence-corrected chi connectivity index (χ3v) is 4.19. The Morgan fingerprint density at radius 1 is 1.24 bits per heavy atom. The van der Waals surface area contributed by atoms with Crippen LogP contribution < -0.4 is 4.74 Å². The first-order valence-electron chi connectivity index (χ1n) is 8.03. The van der Waals surface area contributed by atoms with Crippen LogP contribution in [0.3, 0.4) is 0 Å². The summed E-state index contributed by atoms with van der Waals surface area (Å²) in [6, 6.07) is 9.04. The van der Waals surface area contributed by atoms with Gasteiger partial charge in [-0.2, -0.15) is 0 Å². The van der Waals surface area contributed by atoms with E-state index in [4.69, 9.17) is 4.74 Å². The molecule has 1 unspecified atom stereocenters. The van der Waals surface area contributed by atoms with Crippen LogP contribution in [0.15, 0.2) is 24.3 Å². The number of nitrogens with zero attached hydrogens (tertiary/aromatic N) is 2. The fourth-order valence-corrected chi connectivity index (χ4v) is 3.12. The van der Waals surface area contributed by atoms with E-state index in [0.717, 1.165) is 18.9 Å². The predicted octanol–water partition coefficient (Wildman–Crippen LogP) is 3.56. The van der Waals surface area contributed by atoms with Gasteiger partial charge in [0.2, 0.25) is 0 Å². The molecule has 1 atom stereocenters. The highest BCUT2D eigenvalue weighted by Gasteiger charge is 2.34. The zero-order valence-corrected chi connectivity index (χ0v) is 14.2. The Balaban J connectivity index is 2.15. The molecule has 0 bridgehead atoms. The zero-order chi connectivity index (χ0) is 15.5. The molecule has 1 heterocycles. The lowest BCUT2D eigenvalue weighted by atomic mass is 9.98. The molecule has 1 fully saturated rings. The average molecular weight is 290 g/mol. The van der Waals surface area contributed by atoms with Gasteiger partial charge in [0.25, 0.3) is 0 Å². The molecule has 2 rings (SSSR count). The summed E-state index contributed by atoms with van der Waals surface area (Å²) in [5, 5.41) is 0. The number of ether oxygens (including phenoxy) is 1. The SMILES string of the molecule is CN(C)CCOc1ccccc1C1CCCN1C(C)(C)C. The zero-order valence-electron chi connectivity index (χ0n) is 14.2. The average Bonchev–Trinajstić information content (AvgIpc) is 2.88. The second-order valence-corrected chi connectivity index (χ2v) is 7.21. The number of likely N-dealkylation sites (N-methyl/N-ethyl adjacent to an activating group) is 1. The molecule has 118 valence electrons. The lowest BCUT2D eigenvalue weighted by molar-refractivity contribution is 0.119. The molecule has 1 saturated heterocycles. The fourth-order valence-electron chi connectivity index (χ4n) is 3.12. The van der Waals surface area contributed by atoms with Gasteiger partial charge in [0.15, 0.2) is 0 Å². The second kappa shape index (κ2) is 6.80. The van der Waals surface area contributed by atoms with Crippen LogP contribution in [-0.2, 0) is 0 Å². The second-order valence-electron chi connectivity index (χ2n) is 7.21. The minimum atomic E-state index is 0.206. The number of rotatable bonds is 5. The van der Waals surface area contributed by atoms with Gasteiger partial charge in [-0.3, -0.25) is 4.90 Å². The van der Waals surface area contributed by atoms with Gasteiger partial charge in [0.05, 0.1) is 0 Å². The van der Waals surface area contributed by atoms with Crippen molar-refractivity contribution in [2.75, 3.05) is 33.8 Å². The fraction of sp³-hybridized carbons (Fsp3) is 0.667. The van der Waals surface area contributed by atoms with Crippen molar-refractivity contribution in [3.8, 4) is 5.75 Å². The Bertz CT molecular complexity index is 451. The van der Waals surface area contributed by atoms with E-state index in [-0.39, 0.29) is 5.54 Å². The number of hydrogen-bond donors (Lipinski definition) is 0. The van der Waals surface area contributed by atoms with Crippen molar-refractivity contribution in [3.63, 3.8) is 0 Å². The van der Waals surface area contributed by atoms with Crippen molar-refractivity contribution < 1.29 is 4.74 Å². The van der Waals surface area contributed by atoms with Gasteiger partial charge >= 0.3 is 0 Å². The first-order chi connectivity index (χ1) is 9.89. The minimum absolute atomic E-state index is 0.206. The summed E-state index contributed by atoms with van der Waals surface area (Å²) in [4.78, 5) is 4.76. The van der Waals surface area contributed by atoms with Crippen molar-refractivity contribution in [2.24, 2.45) is 0 Å². The van der Waals surface area contributed by atoms with Gasteiger partial charge in [0, 0.05) is 23.7 Å². The molecule has 0 aromatic heterocycles. The first kappa shape index (κ1) is 16.3. The first-order valence-corrected chi connectivity index (χ1v) is 8.03. The molecule has 3 nitrogen and oxygen atoms in total. The van der Waals surface area contributed by atoms with Crippen molar-refractivity contribution >= 4 is 0 Å². The van der Waals surface area contributed by atoms with Crippen molar-refractivity contribution in [1.82, 2.24) is 9.80 Å². The van der Waals surface area contributed by atoms with Crippen LogP contribution in [0.25, 0.3) is 0 Å². The topological polar surface area (TPSA) is 15.7 Å². The van der Waals surface area contributed by atoms with E-state index in [1.165, 1.54) is 24.9 Å². The Morgan fingerprint density at radius 3 is 2.62 bits per heavy atom. The molecule has 0 spiro atoms. The van der Waals surface area contributed by atoms with Crippen molar-refractivity contribution in [2.45, 2.75) is 45.2 Å². The van der Waals surface area contributed by atoms with Gasteiger partial charge in [-0.25, -0.2) is 0 Å². The lowest BCUT2D eigenvalue weighted by Crippen LogP contribution is -2.40. The van der Waals surface area contributed by atoms with E-state index in [0.29, 0.717) is 6.04 Å².